The second-order valence-electron chi connectivity index (χ2n) is 5.31. The molecule has 1 aliphatic heterocycles. The van der Waals surface area contributed by atoms with Crippen LogP contribution in [0.5, 0.6) is 0 Å². The van der Waals surface area contributed by atoms with E-state index in [0.29, 0.717) is 5.56 Å². The fraction of sp³-hybridized carbons (Fsp3) is 0.643. The van der Waals surface area contributed by atoms with E-state index >= 15 is 0 Å². The summed E-state index contributed by atoms with van der Waals surface area (Å²) in [5, 5.41) is 0. The summed E-state index contributed by atoms with van der Waals surface area (Å²) < 4.78 is 13.4. The molecule has 0 bridgehead atoms. The Balaban J connectivity index is 2.08. The Bertz CT molecular complexity index is 382. The molecule has 2 nitrogen and oxygen atoms in total. The normalized spacial score (nSPS) is 17.8. The van der Waals surface area contributed by atoms with Crippen LogP contribution in [0.25, 0.3) is 0 Å². The lowest BCUT2D eigenvalue weighted by Gasteiger charge is -2.36. The molecule has 0 radical (unpaired) electrons. The molecule has 1 fully saturated rings. The zero-order valence-corrected chi connectivity index (χ0v) is 10.9. The molecule has 0 spiro atoms. The molecule has 1 saturated heterocycles. The number of rotatable bonds is 2. The Hall–Kier alpha value is -1.12. The number of anilines is 1. The van der Waals surface area contributed by atoms with Gasteiger partial charge in [-0.1, -0.05) is 13.8 Å². The van der Waals surface area contributed by atoms with E-state index in [9.17, 15) is 4.39 Å². The summed E-state index contributed by atoms with van der Waals surface area (Å²) in [6.45, 7) is 8.46. The van der Waals surface area contributed by atoms with Crippen LogP contribution in [-0.4, -0.2) is 18.1 Å². The van der Waals surface area contributed by atoms with E-state index in [2.05, 4.69) is 23.7 Å². The minimum absolute atomic E-state index is 0.339. The lowest BCUT2D eigenvalue weighted by Crippen LogP contribution is -2.35. The molecule has 0 saturated carbocycles. The van der Waals surface area contributed by atoms with Crippen molar-refractivity contribution in [2.24, 2.45) is 11.8 Å². The van der Waals surface area contributed by atoms with E-state index < -0.39 is 0 Å². The Kier molecular flexibility index (Phi) is 3.65. The maximum absolute atomic E-state index is 13.4. The predicted octanol–water partition coefficient (Wildman–Crippen LogP) is 3.40. The van der Waals surface area contributed by atoms with Crippen molar-refractivity contribution in [3.63, 3.8) is 0 Å². The molecule has 3 heteroatoms. The minimum atomic E-state index is -0.339. The molecule has 0 atom stereocenters. The van der Waals surface area contributed by atoms with E-state index in [0.717, 1.165) is 30.6 Å². The third-order valence-electron chi connectivity index (χ3n) is 3.94. The second-order valence-corrected chi connectivity index (χ2v) is 5.31. The highest BCUT2D eigenvalue weighted by Crippen LogP contribution is 2.29. The van der Waals surface area contributed by atoms with Crippen LogP contribution in [0.2, 0.25) is 0 Å². The average molecular weight is 236 g/mol. The highest BCUT2D eigenvalue weighted by atomic mass is 19.1. The van der Waals surface area contributed by atoms with Gasteiger partial charge >= 0.3 is 0 Å². The molecule has 2 heterocycles. The topological polar surface area (TPSA) is 16.1 Å². The Labute approximate surface area is 103 Å². The third-order valence-corrected chi connectivity index (χ3v) is 3.94. The Morgan fingerprint density at radius 1 is 1.35 bits per heavy atom. The lowest BCUT2D eigenvalue weighted by atomic mass is 9.86. The standard InChI is InChI=1S/C14H21FN2/c1-10(2)12-5-8-17(9-6-12)13-4-7-16-14(15)11(13)3/h4,7,10,12H,5-6,8-9H2,1-3H3. The molecule has 0 N–H and O–H groups in total. The van der Waals surface area contributed by atoms with Crippen LogP contribution in [0.3, 0.4) is 0 Å². The van der Waals surface area contributed by atoms with Gasteiger partial charge in [0.2, 0.25) is 5.95 Å². The van der Waals surface area contributed by atoms with Gasteiger partial charge in [-0.25, -0.2) is 4.98 Å². The highest BCUT2D eigenvalue weighted by molar-refractivity contribution is 5.52. The molecule has 0 amide bonds. The van der Waals surface area contributed by atoms with Gasteiger partial charge in [0.05, 0.1) is 0 Å². The first-order valence-electron chi connectivity index (χ1n) is 6.45. The van der Waals surface area contributed by atoms with Crippen LogP contribution in [0.1, 0.15) is 32.3 Å². The quantitative estimate of drug-likeness (QED) is 0.732. The van der Waals surface area contributed by atoms with E-state index in [1.807, 2.05) is 13.0 Å². The van der Waals surface area contributed by atoms with Crippen molar-refractivity contribution in [3.05, 3.63) is 23.8 Å². The first-order valence-corrected chi connectivity index (χ1v) is 6.45. The molecule has 0 aromatic carbocycles. The first-order chi connectivity index (χ1) is 8.09. The summed E-state index contributed by atoms with van der Waals surface area (Å²) in [7, 11) is 0. The Morgan fingerprint density at radius 2 is 2.00 bits per heavy atom. The smallest absolute Gasteiger partial charge is 0.217 e. The van der Waals surface area contributed by atoms with Crippen LogP contribution in [0.4, 0.5) is 10.1 Å². The minimum Gasteiger partial charge on any atom is -0.371 e. The van der Waals surface area contributed by atoms with Gasteiger partial charge in [-0.3, -0.25) is 0 Å². The molecule has 94 valence electrons. The number of aromatic nitrogens is 1. The van der Waals surface area contributed by atoms with Crippen LogP contribution in [-0.2, 0) is 0 Å². The van der Waals surface area contributed by atoms with Gasteiger partial charge in [-0.2, -0.15) is 4.39 Å². The zero-order valence-electron chi connectivity index (χ0n) is 10.9. The number of hydrogen-bond donors (Lipinski definition) is 0. The van der Waals surface area contributed by atoms with Crippen molar-refractivity contribution in [1.29, 1.82) is 0 Å². The number of piperidine rings is 1. The molecule has 0 aliphatic carbocycles. The number of nitrogens with zero attached hydrogens (tertiary/aromatic N) is 2. The summed E-state index contributed by atoms with van der Waals surface area (Å²) >= 11 is 0. The molecule has 0 unspecified atom stereocenters. The first kappa shape index (κ1) is 12.3. The SMILES string of the molecule is Cc1c(N2CCC(C(C)C)CC2)ccnc1F. The summed E-state index contributed by atoms with van der Waals surface area (Å²) in [6, 6.07) is 1.92. The molecular formula is C14H21FN2. The highest BCUT2D eigenvalue weighted by Gasteiger charge is 2.23. The van der Waals surface area contributed by atoms with Gasteiger partial charge in [-0.15, -0.1) is 0 Å². The van der Waals surface area contributed by atoms with Gasteiger partial charge in [0, 0.05) is 30.5 Å². The van der Waals surface area contributed by atoms with Gasteiger partial charge in [-0.05, 0) is 37.7 Å². The van der Waals surface area contributed by atoms with E-state index in [1.165, 1.54) is 12.8 Å². The van der Waals surface area contributed by atoms with Crippen LogP contribution in [0, 0.1) is 24.7 Å². The van der Waals surface area contributed by atoms with Crippen LogP contribution >= 0.6 is 0 Å². The second kappa shape index (κ2) is 5.03. The summed E-state index contributed by atoms with van der Waals surface area (Å²) in [4.78, 5) is 5.97. The molecule has 17 heavy (non-hydrogen) atoms. The summed E-state index contributed by atoms with van der Waals surface area (Å²) in [5.74, 6) is 1.24. The zero-order chi connectivity index (χ0) is 12.4. The van der Waals surface area contributed by atoms with E-state index in [1.54, 1.807) is 6.20 Å². The maximum Gasteiger partial charge on any atom is 0.217 e. The van der Waals surface area contributed by atoms with Gasteiger partial charge in [0.25, 0.3) is 0 Å². The molecule has 2 rings (SSSR count). The molecular weight excluding hydrogens is 215 g/mol. The van der Waals surface area contributed by atoms with E-state index in [-0.39, 0.29) is 5.95 Å². The summed E-state index contributed by atoms with van der Waals surface area (Å²) in [6.07, 6.45) is 3.98. The van der Waals surface area contributed by atoms with Crippen molar-refractivity contribution >= 4 is 5.69 Å². The average Bonchev–Trinajstić information content (AvgIpc) is 2.33. The van der Waals surface area contributed by atoms with Gasteiger partial charge in [0.15, 0.2) is 0 Å². The number of hydrogen-bond acceptors (Lipinski definition) is 2. The third kappa shape index (κ3) is 2.59. The van der Waals surface area contributed by atoms with Crippen LogP contribution in [0.15, 0.2) is 12.3 Å². The lowest BCUT2D eigenvalue weighted by molar-refractivity contribution is 0.311. The Morgan fingerprint density at radius 3 is 2.59 bits per heavy atom. The predicted molar refractivity (Wildman–Crippen MR) is 68.7 cm³/mol. The van der Waals surface area contributed by atoms with Gasteiger partial charge in [0.1, 0.15) is 0 Å². The van der Waals surface area contributed by atoms with Crippen molar-refractivity contribution in [1.82, 2.24) is 4.98 Å². The summed E-state index contributed by atoms with van der Waals surface area (Å²) in [5.41, 5.74) is 1.69. The molecule has 1 aromatic heterocycles. The maximum atomic E-state index is 13.4. The molecule has 1 aliphatic rings. The fourth-order valence-electron chi connectivity index (χ4n) is 2.65. The number of pyridine rings is 1. The van der Waals surface area contributed by atoms with Crippen molar-refractivity contribution in [2.45, 2.75) is 33.6 Å². The fourth-order valence-corrected chi connectivity index (χ4v) is 2.65. The van der Waals surface area contributed by atoms with Crippen molar-refractivity contribution < 1.29 is 4.39 Å². The number of halogens is 1. The van der Waals surface area contributed by atoms with Crippen molar-refractivity contribution in [2.75, 3.05) is 18.0 Å². The monoisotopic (exact) mass is 236 g/mol. The van der Waals surface area contributed by atoms with E-state index in [4.69, 9.17) is 0 Å². The van der Waals surface area contributed by atoms with Crippen molar-refractivity contribution in [3.8, 4) is 0 Å². The molecule has 1 aromatic rings. The van der Waals surface area contributed by atoms with Crippen LogP contribution < -0.4 is 4.90 Å². The largest absolute Gasteiger partial charge is 0.371 e. The van der Waals surface area contributed by atoms with Gasteiger partial charge < -0.3 is 4.90 Å².